The molecule has 0 aliphatic heterocycles. The molecule has 0 bridgehead atoms. The van der Waals surface area contributed by atoms with Crippen LogP contribution in [0.25, 0.3) is 0 Å². The van der Waals surface area contributed by atoms with Gasteiger partial charge < -0.3 is 4.74 Å². The zero-order valence-electron chi connectivity index (χ0n) is 6.71. The Bertz CT molecular complexity index is 284. The van der Waals surface area contributed by atoms with E-state index in [1.54, 1.807) is 12.1 Å². The summed E-state index contributed by atoms with van der Waals surface area (Å²) in [5.74, 6) is 0.780. The number of carbonyl (C=O) groups is 1. The van der Waals surface area contributed by atoms with Crippen molar-refractivity contribution in [2.45, 2.75) is 6.92 Å². The van der Waals surface area contributed by atoms with Crippen LogP contribution in [0.5, 0.6) is 5.75 Å². The van der Waals surface area contributed by atoms with Crippen molar-refractivity contribution < 1.29 is 9.53 Å². The summed E-state index contributed by atoms with van der Waals surface area (Å²) < 4.78 is 6.34. The van der Waals surface area contributed by atoms with Gasteiger partial charge >= 0.3 is 0 Å². The molecule has 2 nitrogen and oxygen atoms in total. The number of ether oxygens (including phenoxy) is 1. The van der Waals surface area contributed by atoms with Crippen LogP contribution in [0.2, 0.25) is 0 Å². The van der Waals surface area contributed by atoms with E-state index in [1.807, 2.05) is 13.0 Å². The van der Waals surface area contributed by atoms with Crippen LogP contribution in [0.15, 0.2) is 18.2 Å². The Labute approximate surface area is 85.1 Å². The van der Waals surface area contributed by atoms with Gasteiger partial charge in [-0.2, -0.15) is 0 Å². The van der Waals surface area contributed by atoms with Gasteiger partial charge in [-0.3, -0.25) is 4.79 Å². The predicted octanol–water partition coefficient (Wildman–Crippen LogP) is 2.50. The van der Waals surface area contributed by atoms with E-state index in [9.17, 15) is 4.79 Å². The smallest absolute Gasteiger partial charge is 0.150 e. The van der Waals surface area contributed by atoms with Crippen molar-refractivity contribution in [3.05, 3.63) is 27.3 Å². The highest BCUT2D eigenvalue weighted by atomic mass is 127. The lowest BCUT2D eigenvalue weighted by molar-refractivity contribution is 0.112. The summed E-state index contributed by atoms with van der Waals surface area (Å²) in [5.41, 5.74) is 0.652. The zero-order chi connectivity index (χ0) is 8.97. The molecule has 3 heteroatoms. The van der Waals surface area contributed by atoms with Gasteiger partial charge in [0.2, 0.25) is 0 Å². The first-order valence-corrected chi connectivity index (χ1v) is 4.73. The van der Waals surface area contributed by atoms with E-state index in [4.69, 9.17) is 4.74 Å². The summed E-state index contributed by atoms with van der Waals surface area (Å²) in [6.45, 7) is 2.54. The van der Waals surface area contributed by atoms with E-state index in [1.165, 1.54) is 0 Å². The molecule has 64 valence electrons. The molecular formula is C9H9IO2. The maximum absolute atomic E-state index is 10.4. The monoisotopic (exact) mass is 276 g/mol. The molecule has 0 saturated heterocycles. The highest BCUT2D eigenvalue weighted by Gasteiger charge is 2.00. The average Bonchev–Trinajstić information content (AvgIpc) is 2.09. The highest BCUT2D eigenvalue weighted by Crippen LogP contribution is 2.21. The molecule has 0 atom stereocenters. The van der Waals surface area contributed by atoms with E-state index in [2.05, 4.69) is 22.6 Å². The van der Waals surface area contributed by atoms with E-state index >= 15 is 0 Å². The van der Waals surface area contributed by atoms with Gasteiger partial charge in [0.1, 0.15) is 12.0 Å². The van der Waals surface area contributed by atoms with Crippen LogP contribution in [0, 0.1) is 3.57 Å². The molecule has 0 aliphatic carbocycles. The van der Waals surface area contributed by atoms with Crippen molar-refractivity contribution in [1.29, 1.82) is 0 Å². The van der Waals surface area contributed by atoms with Crippen LogP contribution in [-0.4, -0.2) is 12.9 Å². The minimum Gasteiger partial charge on any atom is -0.493 e. The fourth-order valence-corrected chi connectivity index (χ4v) is 1.35. The van der Waals surface area contributed by atoms with Crippen molar-refractivity contribution in [3.8, 4) is 5.75 Å². The minimum atomic E-state index is 0.623. The molecule has 12 heavy (non-hydrogen) atoms. The Balaban J connectivity index is 2.99. The van der Waals surface area contributed by atoms with Crippen molar-refractivity contribution in [3.63, 3.8) is 0 Å². The Morgan fingerprint density at radius 1 is 1.58 bits per heavy atom. The fraction of sp³-hybridized carbons (Fsp3) is 0.222. The van der Waals surface area contributed by atoms with Crippen molar-refractivity contribution in [2.75, 3.05) is 6.61 Å². The quantitative estimate of drug-likeness (QED) is 0.626. The molecule has 0 amide bonds. The maximum Gasteiger partial charge on any atom is 0.150 e. The summed E-state index contributed by atoms with van der Waals surface area (Å²) in [7, 11) is 0. The number of carbonyl (C=O) groups excluding carboxylic acids is 1. The average molecular weight is 276 g/mol. The molecule has 1 aromatic rings. The number of rotatable bonds is 3. The van der Waals surface area contributed by atoms with Gasteiger partial charge in [0.25, 0.3) is 0 Å². The summed E-state index contributed by atoms with van der Waals surface area (Å²) in [6, 6.07) is 5.39. The van der Waals surface area contributed by atoms with Gasteiger partial charge in [0, 0.05) is 5.56 Å². The normalized spacial score (nSPS) is 9.50. The summed E-state index contributed by atoms with van der Waals surface area (Å²) in [4.78, 5) is 10.4. The lowest BCUT2D eigenvalue weighted by atomic mass is 10.2. The molecular weight excluding hydrogens is 267 g/mol. The molecule has 0 spiro atoms. The Morgan fingerprint density at radius 2 is 2.33 bits per heavy atom. The van der Waals surface area contributed by atoms with E-state index in [0.29, 0.717) is 12.2 Å². The molecule has 1 aromatic carbocycles. The first-order chi connectivity index (χ1) is 5.77. The van der Waals surface area contributed by atoms with Gasteiger partial charge in [-0.05, 0) is 41.6 Å². The van der Waals surface area contributed by atoms with Gasteiger partial charge in [-0.1, -0.05) is 6.07 Å². The number of halogens is 1. The van der Waals surface area contributed by atoms with Crippen LogP contribution >= 0.6 is 22.6 Å². The van der Waals surface area contributed by atoms with Crippen LogP contribution in [0.3, 0.4) is 0 Å². The van der Waals surface area contributed by atoms with E-state index in [0.717, 1.165) is 15.6 Å². The van der Waals surface area contributed by atoms with Crippen molar-refractivity contribution in [2.24, 2.45) is 0 Å². The van der Waals surface area contributed by atoms with Crippen molar-refractivity contribution in [1.82, 2.24) is 0 Å². The van der Waals surface area contributed by atoms with Gasteiger partial charge in [0.05, 0.1) is 10.2 Å². The third-order valence-corrected chi connectivity index (χ3v) is 2.28. The second kappa shape index (κ2) is 4.45. The van der Waals surface area contributed by atoms with Crippen LogP contribution in [0.1, 0.15) is 17.3 Å². The predicted molar refractivity (Wildman–Crippen MR) is 55.7 cm³/mol. The van der Waals surface area contributed by atoms with E-state index in [-0.39, 0.29) is 0 Å². The van der Waals surface area contributed by atoms with Gasteiger partial charge in [-0.25, -0.2) is 0 Å². The third-order valence-electron chi connectivity index (χ3n) is 1.39. The lowest BCUT2D eigenvalue weighted by Crippen LogP contribution is -1.94. The zero-order valence-corrected chi connectivity index (χ0v) is 8.87. The topological polar surface area (TPSA) is 26.3 Å². The Kier molecular flexibility index (Phi) is 3.52. The second-order valence-corrected chi connectivity index (χ2v) is 3.40. The molecule has 1 rings (SSSR count). The van der Waals surface area contributed by atoms with Gasteiger partial charge in [-0.15, -0.1) is 0 Å². The van der Waals surface area contributed by atoms with E-state index < -0.39 is 0 Å². The fourth-order valence-electron chi connectivity index (χ4n) is 0.859. The summed E-state index contributed by atoms with van der Waals surface area (Å²) in [5, 5.41) is 0. The number of aldehydes is 1. The Hall–Kier alpha value is -0.580. The lowest BCUT2D eigenvalue weighted by Gasteiger charge is -2.05. The minimum absolute atomic E-state index is 0.623. The third kappa shape index (κ3) is 2.20. The number of hydrogen-bond donors (Lipinski definition) is 0. The second-order valence-electron chi connectivity index (χ2n) is 2.24. The van der Waals surface area contributed by atoms with Crippen LogP contribution in [0.4, 0.5) is 0 Å². The van der Waals surface area contributed by atoms with Crippen molar-refractivity contribution >= 4 is 28.9 Å². The SMILES string of the molecule is CCOc1cc(C=O)ccc1I. The molecule has 0 saturated carbocycles. The number of hydrogen-bond acceptors (Lipinski definition) is 2. The molecule has 0 aromatic heterocycles. The van der Waals surface area contributed by atoms with Crippen LogP contribution < -0.4 is 4.74 Å². The molecule has 0 heterocycles. The largest absolute Gasteiger partial charge is 0.493 e. The molecule has 0 fully saturated rings. The molecule has 0 aliphatic rings. The first-order valence-electron chi connectivity index (χ1n) is 3.65. The highest BCUT2D eigenvalue weighted by molar-refractivity contribution is 14.1. The standard InChI is InChI=1S/C9H9IO2/c1-2-12-9-5-7(6-11)3-4-8(9)10/h3-6H,2H2,1H3. The molecule has 0 unspecified atom stereocenters. The Morgan fingerprint density at radius 3 is 2.92 bits per heavy atom. The van der Waals surface area contributed by atoms with Crippen LogP contribution in [-0.2, 0) is 0 Å². The molecule has 0 N–H and O–H groups in total. The summed E-state index contributed by atoms with van der Waals surface area (Å²) >= 11 is 2.18. The number of benzene rings is 1. The first kappa shape index (κ1) is 9.51. The van der Waals surface area contributed by atoms with Gasteiger partial charge in [0.15, 0.2) is 0 Å². The maximum atomic E-state index is 10.4. The molecule has 0 radical (unpaired) electrons. The summed E-state index contributed by atoms with van der Waals surface area (Å²) in [6.07, 6.45) is 0.818.